The molecule has 0 atom stereocenters. The number of pyridine rings is 1. The third kappa shape index (κ3) is 5.66. The Kier molecular flexibility index (Phi) is 7.22. The van der Waals surface area contributed by atoms with E-state index >= 15 is 0 Å². The van der Waals surface area contributed by atoms with Gasteiger partial charge in [0.25, 0.3) is 5.91 Å². The topological polar surface area (TPSA) is 69.6 Å². The van der Waals surface area contributed by atoms with E-state index in [-0.39, 0.29) is 5.91 Å². The number of aliphatic imine (C=N–C) groups is 1. The number of thiophene rings is 1. The Morgan fingerprint density at radius 3 is 2.79 bits per heavy atom. The van der Waals surface area contributed by atoms with Gasteiger partial charge in [-0.15, -0.1) is 11.3 Å². The number of likely N-dealkylation sites (N-methyl/N-ethyl adjacent to an activating group) is 1. The van der Waals surface area contributed by atoms with Crippen molar-refractivity contribution in [1.82, 2.24) is 20.5 Å². The molecule has 2 heterocycles. The van der Waals surface area contributed by atoms with Gasteiger partial charge >= 0.3 is 0 Å². The van der Waals surface area contributed by atoms with Gasteiger partial charge in [-0.05, 0) is 30.0 Å². The molecule has 0 fully saturated rings. The number of hydrogen-bond donors (Lipinski definition) is 2. The summed E-state index contributed by atoms with van der Waals surface area (Å²) < 4.78 is 0. The molecule has 0 radical (unpaired) electrons. The standard InChI is InChI=1S/C17H23N5OS/c1-18-17(22(2)11-7-15-6-4-12-24-15)21-10-9-20-16(23)14-5-3-8-19-13-14/h3-6,8,12-13H,7,9-11H2,1-2H3,(H,18,21)(H,20,23). The molecule has 2 aromatic heterocycles. The van der Waals surface area contributed by atoms with Crippen LogP contribution in [0.3, 0.4) is 0 Å². The molecule has 0 aliphatic carbocycles. The van der Waals surface area contributed by atoms with Crippen LogP contribution in [-0.2, 0) is 6.42 Å². The van der Waals surface area contributed by atoms with Gasteiger partial charge in [-0.3, -0.25) is 14.8 Å². The number of amides is 1. The maximum Gasteiger partial charge on any atom is 0.252 e. The van der Waals surface area contributed by atoms with E-state index in [1.807, 2.05) is 7.05 Å². The molecule has 0 bridgehead atoms. The smallest absolute Gasteiger partial charge is 0.252 e. The molecule has 0 aliphatic heterocycles. The molecule has 2 rings (SSSR count). The predicted molar refractivity (Wildman–Crippen MR) is 98.6 cm³/mol. The van der Waals surface area contributed by atoms with Gasteiger partial charge in [-0.2, -0.15) is 0 Å². The lowest BCUT2D eigenvalue weighted by atomic mass is 10.3. The molecule has 6 nitrogen and oxygen atoms in total. The number of carbonyl (C=O) groups excluding carboxylic acids is 1. The third-order valence-corrected chi connectivity index (χ3v) is 4.40. The van der Waals surface area contributed by atoms with Crippen LogP contribution in [0.4, 0.5) is 0 Å². The number of guanidine groups is 1. The first-order chi connectivity index (χ1) is 11.7. The number of nitrogens with one attached hydrogen (secondary N) is 2. The first-order valence-electron chi connectivity index (χ1n) is 7.83. The van der Waals surface area contributed by atoms with Crippen LogP contribution in [0.5, 0.6) is 0 Å². The van der Waals surface area contributed by atoms with Gasteiger partial charge in [0, 0.05) is 51.0 Å². The fraction of sp³-hybridized carbons (Fsp3) is 0.353. The number of aromatic nitrogens is 1. The Morgan fingerprint density at radius 1 is 1.29 bits per heavy atom. The number of nitrogens with zero attached hydrogens (tertiary/aromatic N) is 3. The molecule has 0 saturated heterocycles. The van der Waals surface area contributed by atoms with Crippen molar-refractivity contribution in [2.24, 2.45) is 4.99 Å². The van der Waals surface area contributed by atoms with E-state index in [9.17, 15) is 4.79 Å². The van der Waals surface area contributed by atoms with Gasteiger partial charge in [0.2, 0.25) is 0 Å². The summed E-state index contributed by atoms with van der Waals surface area (Å²) in [6.45, 7) is 2.02. The maximum atomic E-state index is 11.9. The molecule has 1 amide bonds. The van der Waals surface area contributed by atoms with Gasteiger partial charge in [0.1, 0.15) is 0 Å². The predicted octanol–water partition coefficient (Wildman–Crippen LogP) is 1.62. The molecule has 0 spiro atoms. The highest BCUT2D eigenvalue weighted by atomic mass is 32.1. The van der Waals surface area contributed by atoms with E-state index in [0.29, 0.717) is 18.7 Å². The van der Waals surface area contributed by atoms with E-state index in [0.717, 1.165) is 18.9 Å². The lowest BCUT2D eigenvalue weighted by Gasteiger charge is -2.21. The molecule has 7 heteroatoms. The van der Waals surface area contributed by atoms with Crippen LogP contribution in [0.15, 0.2) is 47.0 Å². The summed E-state index contributed by atoms with van der Waals surface area (Å²) in [7, 11) is 3.77. The molecule has 2 N–H and O–H groups in total. The minimum absolute atomic E-state index is 0.120. The van der Waals surface area contributed by atoms with Crippen LogP contribution in [0.25, 0.3) is 0 Å². The molecule has 0 aliphatic rings. The van der Waals surface area contributed by atoms with Crippen LogP contribution in [0, 0.1) is 0 Å². The first-order valence-corrected chi connectivity index (χ1v) is 8.71. The van der Waals surface area contributed by atoms with Gasteiger partial charge in [0.15, 0.2) is 5.96 Å². The molecule has 0 unspecified atom stereocenters. The first kappa shape index (κ1) is 17.9. The zero-order valence-electron chi connectivity index (χ0n) is 14.0. The van der Waals surface area contributed by atoms with E-state index in [1.54, 1.807) is 42.9 Å². The summed E-state index contributed by atoms with van der Waals surface area (Å²) in [5.74, 6) is 0.702. The zero-order chi connectivity index (χ0) is 17.2. The Bertz CT molecular complexity index is 642. The molecule has 0 aromatic carbocycles. The van der Waals surface area contributed by atoms with Crippen molar-refractivity contribution in [2.45, 2.75) is 6.42 Å². The lowest BCUT2D eigenvalue weighted by Crippen LogP contribution is -2.43. The summed E-state index contributed by atoms with van der Waals surface area (Å²) in [4.78, 5) is 23.6. The van der Waals surface area contributed by atoms with Gasteiger partial charge in [-0.25, -0.2) is 0 Å². The molecular weight excluding hydrogens is 322 g/mol. The lowest BCUT2D eigenvalue weighted by molar-refractivity contribution is 0.0954. The van der Waals surface area contributed by atoms with E-state index in [2.05, 4.69) is 43.0 Å². The second-order valence-corrected chi connectivity index (χ2v) is 6.25. The third-order valence-electron chi connectivity index (χ3n) is 3.46. The van der Waals surface area contributed by atoms with Crippen LogP contribution in [0.1, 0.15) is 15.2 Å². The number of hydrogen-bond acceptors (Lipinski definition) is 4. The van der Waals surface area contributed by atoms with E-state index in [1.165, 1.54) is 4.88 Å². The molecule has 0 saturated carbocycles. The van der Waals surface area contributed by atoms with Crippen LogP contribution >= 0.6 is 11.3 Å². The van der Waals surface area contributed by atoms with Crippen molar-refractivity contribution < 1.29 is 4.79 Å². The van der Waals surface area contributed by atoms with Gasteiger partial charge in [0.05, 0.1) is 5.56 Å². The largest absolute Gasteiger partial charge is 0.354 e. The number of carbonyl (C=O) groups is 1. The highest BCUT2D eigenvalue weighted by Gasteiger charge is 2.07. The highest BCUT2D eigenvalue weighted by Crippen LogP contribution is 2.09. The summed E-state index contributed by atoms with van der Waals surface area (Å²) in [5.41, 5.74) is 0.565. The SMILES string of the molecule is CN=C(NCCNC(=O)c1cccnc1)N(C)CCc1cccs1. The quantitative estimate of drug-likeness (QED) is 0.455. The monoisotopic (exact) mass is 345 g/mol. The summed E-state index contributed by atoms with van der Waals surface area (Å²) in [6, 6.07) is 7.70. The fourth-order valence-electron chi connectivity index (χ4n) is 2.17. The van der Waals surface area contributed by atoms with Crippen LogP contribution < -0.4 is 10.6 Å². The number of rotatable bonds is 7. The molecular formula is C17H23N5OS. The van der Waals surface area contributed by atoms with E-state index in [4.69, 9.17) is 0 Å². The van der Waals surface area contributed by atoms with Crippen LogP contribution in [0.2, 0.25) is 0 Å². The fourth-order valence-corrected chi connectivity index (χ4v) is 2.87. The molecule has 24 heavy (non-hydrogen) atoms. The average Bonchev–Trinajstić information content (AvgIpc) is 3.14. The van der Waals surface area contributed by atoms with Crippen molar-refractivity contribution in [3.8, 4) is 0 Å². The van der Waals surface area contributed by atoms with Crippen molar-refractivity contribution in [2.75, 3.05) is 33.7 Å². The molecule has 128 valence electrons. The van der Waals surface area contributed by atoms with Crippen molar-refractivity contribution in [3.05, 3.63) is 52.5 Å². The van der Waals surface area contributed by atoms with Crippen molar-refractivity contribution >= 4 is 23.2 Å². The Labute approximate surface area is 146 Å². The average molecular weight is 345 g/mol. The highest BCUT2D eigenvalue weighted by molar-refractivity contribution is 7.09. The second-order valence-electron chi connectivity index (χ2n) is 5.22. The van der Waals surface area contributed by atoms with Crippen molar-refractivity contribution in [3.63, 3.8) is 0 Å². The Morgan fingerprint density at radius 2 is 2.12 bits per heavy atom. The summed E-state index contributed by atoms with van der Waals surface area (Å²) in [6.07, 6.45) is 4.20. The Hall–Kier alpha value is -2.41. The van der Waals surface area contributed by atoms with Gasteiger partial charge in [-0.1, -0.05) is 6.07 Å². The van der Waals surface area contributed by atoms with E-state index < -0.39 is 0 Å². The summed E-state index contributed by atoms with van der Waals surface area (Å²) >= 11 is 1.77. The zero-order valence-corrected chi connectivity index (χ0v) is 14.8. The second kappa shape index (κ2) is 9.67. The molecule has 2 aromatic rings. The minimum atomic E-state index is -0.120. The summed E-state index contributed by atoms with van der Waals surface area (Å²) in [5, 5.41) is 8.20. The normalized spacial score (nSPS) is 11.2. The Balaban J connectivity index is 1.68. The van der Waals surface area contributed by atoms with Crippen molar-refractivity contribution in [1.29, 1.82) is 0 Å². The van der Waals surface area contributed by atoms with Crippen LogP contribution in [-0.4, -0.2) is 55.5 Å². The maximum absolute atomic E-state index is 11.9. The minimum Gasteiger partial charge on any atom is -0.354 e. The van der Waals surface area contributed by atoms with Gasteiger partial charge < -0.3 is 15.5 Å².